The molecule has 2 N–H and O–H groups in total. The van der Waals surface area contributed by atoms with Crippen LogP contribution in [0, 0.1) is 5.92 Å². The van der Waals surface area contributed by atoms with Crippen molar-refractivity contribution in [2.24, 2.45) is 11.7 Å². The third-order valence-corrected chi connectivity index (χ3v) is 4.75. The maximum absolute atomic E-state index is 12.5. The molecule has 0 aromatic rings. The summed E-state index contributed by atoms with van der Waals surface area (Å²) >= 11 is 0. The van der Waals surface area contributed by atoms with Crippen LogP contribution in [0.4, 0.5) is 0 Å². The molecule has 0 radical (unpaired) electrons. The highest BCUT2D eigenvalue weighted by Gasteiger charge is 2.39. The zero-order chi connectivity index (χ0) is 13.3. The van der Waals surface area contributed by atoms with Crippen LogP contribution >= 0.6 is 0 Å². The fourth-order valence-electron chi connectivity index (χ4n) is 3.31. The molecular weight excluding hydrogens is 226 g/mol. The molecule has 2 fully saturated rings. The molecule has 2 aliphatic heterocycles. The summed E-state index contributed by atoms with van der Waals surface area (Å²) in [5.74, 6) is 0.840. The molecule has 0 aromatic heterocycles. The van der Waals surface area contributed by atoms with Crippen molar-refractivity contribution in [1.82, 2.24) is 9.80 Å². The first-order valence-corrected chi connectivity index (χ1v) is 7.16. The highest BCUT2D eigenvalue weighted by atomic mass is 16.2. The lowest BCUT2D eigenvalue weighted by Crippen LogP contribution is -2.61. The average molecular weight is 253 g/mol. The zero-order valence-electron chi connectivity index (χ0n) is 12.0. The van der Waals surface area contributed by atoms with Gasteiger partial charge in [-0.25, -0.2) is 0 Å². The first kappa shape index (κ1) is 13.8. The van der Waals surface area contributed by atoms with E-state index in [4.69, 9.17) is 5.73 Å². The van der Waals surface area contributed by atoms with Crippen LogP contribution in [0.2, 0.25) is 0 Å². The number of nitrogens with zero attached hydrogens (tertiary/aromatic N) is 2. The maximum Gasteiger partial charge on any atom is 0.223 e. The monoisotopic (exact) mass is 253 g/mol. The van der Waals surface area contributed by atoms with Crippen LogP contribution < -0.4 is 5.73 Å². The van der Waals surface area contributed by atoms with E-state index in [0.717, 1.165) is 38.9 Å². The van der Waals surface area contributed by atoms with Crippen molar-refractivity contribution in [2.45, 2.75) is 51.1 Å². The molecule has 0 aromatic carbocycles. The Morgan fingerprint density at radius 1 is 1.33 bits per heavy atom. The van der Waals surface area contributed by atoms with Gasteiger partial charge >= 0.3 is 0 Å². The Morgan fingerprint density at radius 3 is 2.67 bits per heavy atom. The fraction of sp³-hybridized carbons (Fsp3) is 0.929. The summed E-state index contributed by atoms with van der Waals surface area (Å²) in [6, 6.07) is 0.112. The van der Waals surface area contributed by atoms with Crippen LogP contribution in [0.1, 0.15) is 39.5 Å². The van der Waals surface area contributed by atoms with Crippen molar-refractivity contribution >= 4 is 5.91 Å². The van der Waals surface area contributed by atoms with E-state index >= 15 is 0 Å². The van der Waals surface area contributed by atoms with E-state index in [0.29, 0.717) is 18.2 Å². The minimum absolute atomic E-state index is 0.112. The largest absolute Gasteiger partial charge is 0.336 e. The number of piperidine rings is 1. The summed E-state index contributed by atoms with van der Waals surface area (Å²) in [6.45, 7) is 7.28. The number of nitrogens with two attached hydrogens (primary N) is 1. The van der Waals surface area contributed by atoms with E-state index in [9.17, 15) is 4.79 Å². The van der Waals surface area contributed by atoms with Gasteiger partial charge in [0.05, 0.1) is 5.54 Å². The topological polar surface area (TPSA) is 49.6 Å². The van der Waals surface area contributed by atoms with Gasteiger partial charge < -0.3 is 15.5 Å². The van der Waals surface area contributed by atoms with Crippen molar-refractivity contribution < 1.29 is 4.79 Å². The van der Waals surface area contributed by atoms with Gasteiger partial charge in [0.15, 0.2) is 0 Å². The number of carbonyl (C=O) groups excluding carboxylic acids is 1. The lowest BCUT2D eigenvalue weighted by molar-refractivity contribution is -0.140. The number of likely N-dealkylation sites (tertiary alicyclic amines) is 2. The van der Waals surface area contributed by atoms with E-state index in [1.165, 1.54) is 0 Å². The lowest BCUT2D eigenvalue weighted by atomic mass is 9.85. The molecule has 2 saturated heterocycles. The highest BCUT2D eigenvalue weighted by molar-refractivity contribution is 5.77. The Balaban J connectivity index is 1.95. The Kier molecular flexibility index (Phi) is 3.97. The Morgan fingerprint density at radius 2 is 2.06 bits per heavy atom. The summed E-state index contributed by atoms with van der Waals surface area (Å²) < 4.78 is 0. The summed E-state index contributed by atoms with van der Waals surface area (Å²) in [5, 5.41) is 0. The minimum Gasteiger partial charge on any atom is -0.336 e. The third kappa shape index (κ3) is 2.69. The summed E-state index contributed by atoms with van der Waals surface area (Å²) in [5.41, 5.74) is 5.99. The number of hydrogen-bond acceptors (Lipinski definition) is 3. The van der Waals surface area contributed by atoms with Crippen LogP contribution in [0.3, 0.4) is 0 Å². The molecular formula is C14H27N3O. The van der Waals surface area contributed by atoms with E-state index in [-0.39, 0.29) is 11.6 Å². The number of hydrogen-bond donors (Lipinski definition) is 1. The van der Waals surface area contributed by atoms with Gasteiger partial charge in [0.25, 0.3) is 0 Å². The molecule has 2 rings (SSSR count). The zero-order valence-corrected chi connectivity index (χ0v) is 12.0. The molecule has 104 valence electrons. The lowest BCUT2D eigenvalue weighted by Gasteiger charge is -2.47. The molecule has 0 saturated carbocycles. The molecule has 2 atom stereocenters. The maximum atomic E-state index is 12.5. The van der Waals surface area contributed by atoms with Crippen LogP contribution in [0.5, 0.6) is 0 Å². The van der Waals surface area contributed by atoms with Crippen molar-refractivity contribution in [3.8, 4) is 0 Å². The SMILES string of the molecule is CN1CCC(CC(=O)N2CCCC(N)C2(C)C)C1. The quantitative estimate of drug-likeness (QED) is 0.800. The van der Waals surface area contributed by atoms with Gasteiger partial charge in [0, 0.05) is 25.6 Å². The van der Waals surface area contributed by atoms with Crippen molar-refractivity contribution in [3.63, 3.8) is 0 Å². The van der Waals surface area contributed by atoms with Crippen LogP contribution in [-0.4, -0.2) is 54.0 Å². The fourth-order valence-corrected chi connectivity index (χ4v) is 3.31. The van der Waals surface area contributed by atoms with Crippen molar-refractivity contribution in [3.05, 3.63) is 0 Å². The average Bonchev–Trinajstić information content (AvgIpc) is 2.67. The highest BCUT2D eigenvalue weighted by Crippen LogP contribution is 2.29. The molecule has 0 bridgehead atoms. The van der Waals surface area contributed by atoms with Gasteiger partial charge in [-0.15, -0.1) is 0 Å². The van der Waals surface area contributed by atoms with E-state index in [1.807, 2.05) is 4.90 Å². The second kappa shape index (κ2) is 5.17. The first-order valence-electron chi connectivity index (χ1n) is 7.16. The standard InChI is InChI=1S/C14H27N3O/c1-14(2)12(15)5-4-7-17(14)13(18)9-11-6-8-16(3)10-11/h11-12H,4-10,15H2,1-3H3. The Bertz CT molecular complexity index is 316. The summed E-state index contributed by atoms with van der Waals surface area (Å²) in [7, 11) is 2.13. The molecule has 2 unspecified atom stereocenters. The molecule has 1 amide bonds. The molecule has 0 spiro atoms. The van der Waals surface area contributed by atoms with Gasteiger partial charge in [0.1, 0.15) is 0 Å². The first-order chi connectivity index (χ1) is 8.41. The van der Waals surface area contributed by atoms with Crippen LogP contribution in [0.25, 0.3) is 0 Å². The normalized spacial score (nSPS) is 32.8. The van der Waals surface area contributed by atoms with Crippen LogP contribution in [-0.2, 0) is 4.79 Å². The Hall–Kier alpha value is -0.610. The molecule has 0 aliphatic carbocycles. The van der Waals surface area contributed by atoms with Gasteiger partial charge in [-0.05, 0) is 52.6 Å². The van der Waals surface area contributed by atoms with Crippen molar-refractivity contribution in [2.75, 3.05) is 26.7 Å². The second-order valence-electron chi connectivity index (χ2n) is 6.57. The van der Waals surface area contributed by atoms with E-state index in [1.54, 1.807) is 0 Å². The predicted octanol–water partition coefficient (Wildman–Crippen LogP) is 1.06. The summed E-state index contributed by atoms with van der Waals surface area (Å²) in [6.07, 6.45) is 3.92. The van der Waals surface area contributed by atoms with E-state index in [2.05, 4.69) is 25.8 Å². The summed E-state index contributed by atoms with van der Waals surface area (Å²) in [4.78, 5) is 16.8. The van der Waals surface area contributed by atoms with Crippen molar-refractivity contribution in [1.29, 1.82) is 0 Å². The smallest absolute Gasteiger partial charge is 0.223 e. The molecule has 4 nitrogen and oxygen atoms in total. The Labute approximate surface area is 110 Å². The van der Waals surface area contributed by atoms with Crippen LogP contribution in [0.15, 0.2) is 0 Å². The van der Waals surface area contributed by atoms with Gasteiger partial charge in [0.2, 0.25) is 5.91 Å². The van der Waals surface area contributed by atoms with E-state index < -0.39 is 0 Å². The second-order valence-corrected chi connectivity index (χ2v) is 6.57. The van der Waals surface area contributed by atoms with Gasteiger partial charge in [-0.3, -0.25) is 4.79 Å². The molecule has 2 aliphatic rings. The number of rotatable bonds is 2. The van der Waals surface area contributed by atoms with Gasteiger partial charge in [-0.2, -0.15) is 0 Å². The predicted molar refractivity (Wildman–Crippen MR) is 73.2 cm³/mol. The molecule has 2 heterocycles. The number of amides is 1. The molecule has 4 heteroatoms. The molecule has 18 heavy (non-hydrogen) atoms. The van der Waals surface area contributed by atoms with Gasteiger partial charge in [-0.1, -0.05) is 0 Å². The minimum atomic E-state index is -0.181. The number of carbonyl (C=O) groups is 1. The third-order valence-electron chi connectivity index (χ3n) is 4.75.